The second kappa shape index (κ2) is 4.78. The average molecular weight is 368 g/mol. The van der Waals surface area contributed by atoms with Gasteiger partial charge >= 0.3 is 0 Å². The van der Waals surface area contributed by atoms with Crippen LogP contribution >= 0.6 is 34.2 Å². The van der Waals surface area contributed by atoms with Gasteiger partial charge in [0.2, 0.25) is 0 Å². The molecule has 0 spiro atoms. The summed E-state index contributed by atoms with van der Waals surface area (Å²) in [4.78, 5) is 12.9. The van der Waals surface area contributed by atoms with Gasteiger partial charge in [-0.1, -0.05) is 11.6 Å². The maximum absolute atomic E-state index is 6.21. The van der Waals surface area contributed by atoms with Crippen LogP contribution in [0.4, 0.5) is 0 Å². The van der Waals surface area contributed by atoms with Crippen LogP contribution in [0.1, 0.15) is 0 Å². The smallest absolute Gasteiger partial charge is 0.163 e. The summed E-state index contributed by atoms with van der Waals surface area (Å²) in [6.45, 7) is 0. The van der Waals surface area contributed by atoms with Crippen LogP contribution in [-0.4, -0.2) is 15.0 Å². The Bertz CT molecular complexity index is 716. The second-order valence-electron chi connectivity index (χ2n) is 3.74. The van der Waals surface area contributed by atoms with Gasteiger partial charge in [0.1, 0.15) is 5.15 Å². The number of benzene rings is 1. The maximum atomic E-state index is 6.21. The van der Waals surface area contributed by atoms with Crippen molar-refractivity contribution in [2.24, 2.45) is 0 Å². The number of hydrogen-bond donors (Lipinski definition) is 0. The molecule has 5 heteroatoms. The average Bonchev–Trinajstić information content (AvgIpc) is 2.40. The first-order valence-corrected chi connectivity index (χ1v) is 6.73. The molecule has 3 nitrogen and oxygen atoms in total. The number of aromatic nitrogens is 3. The third kappa shape index (κ3) is 2.18. The second-order valence-corrected chi connectivity index (χ2v) is 5.34. The minimum atomic E-state index is 0.470. The zero-order chi connectivity index (χ0) is 12.5. The lowest BCUT2D eigenvalue weighted by Gasteiger charge is -2.04. The lowest BCUT2D eigenvalue weighted by molar-refractivity contribution is 1.21. The van der Waals surface area contributed by atoms with E-state index >= 15 is 0 Å². The quantitative estimate of drug-likeness (QED) is 0.483. The van der Waals surface area contributed by atoms with Crippen LogP contribution in [0.25, 0.3) is 22.3 Å². The molecule has 2 heterocycles. The fourth-order valence-electron chi connectivity index (χ4n) is 1.69. The highest BCUT2D eigenvalue weighted by molar-refractivity contribution is 14.1. The van der Waals surface area contributed by atoms with Crippen molar-refractivity contribution in [1.82, 2.24) is 15.0 Å². The number of pyridine rings is 1. The summed E-state index contributed by atoms with van der Waals surface area (Å²) in [5, 5.41) is 1.34. The molecule has 0 atom stereocenters. The molecule has 3 rings (SSSR count). The topological polar surface area (TPSA) is 38.7 Å². The van der Waals surface area contributed by atoms with E-state index < -0.39 is 0 Å². The first-order valence-electron chi connectivity index (χ1n) is 5.27. The van der Waals surface area contributed by atoms with Gasteiger partial charge in [0.15, 0.2) is 5.82 Å². The van der Waals surface area contributed by atoms with E-state index in [2.05, 4.69) is 37.5 Å². The normalized spacial score (nSPS) is 10.8. The van der Waals surface area contributed by atoms with Crippen LogP contribution in [0, 0.1) is 3.57 Å². The fourth-order valence-corrected chi connectivity index (χ4v) is 2.41. The molecule has 0 aliphatic carbocycles. The van der Waals surface area contributed by atoms with E-state index in [9.17, 15) is 0 Å². The van der Waals surface area contributed by atoms with Crippen LogP contribution in [0.2, 0.25) is 5.15 Å². The van der Waals surface area contributed by atoms with Gasteiger partial charge in [-0.25, -0.2) is 9.97 Å². The van der Waals surface area contributed by atoms with Gasteiger partial charge in [-0.05, 0) is 52.9 Å². The molecule has 0 saturated heterocycles. The van der Waals surface area contributed by atoms with E-state index in [1.165, 1.54) is 0 Å². The van der Waals surface area contributed by atoms with Gasteiger partial charge in [-0.3, -0.25) is 4.98 Å². The molecule has 0 amide bonds. The molecule has 88 valence electrons. The third-order valence-corrected chi connectivity index (χ3v) is 3.49. The molecule has 0 radical (unpaired) electrons. The van der Waals surface area contributed by atoms with Crippen LogP contribution in [0.3, 0.4) is 0 Å². The number of nitrogens with zero attached hydrogens (tertiary/aromatic N) is 3. The number of fused-ring (bicyclic) bond motifs is 1. The molecular formula is C13H7ClIN3. The Morgan fingerprint density at radius 1 is 1.11 bits per heavy atom. The van der Waals surface area contributed by atoms with Crippen molar-refractivity contribution in [2.45, 2.75) is 0 Å². The SMILES string of the molecule is Clc1nc(-c2cccnc2)nc2ccc(I)cc12. The Kier molecular flexibility index (Phi) is 3.13. The largest absolute Gasteiger partial charge is 0.264 e. The lowest BCUT2D eigenvalue weighted by Crippen LogP contribution is -1.92. The summed E-state index contributed by atoms with van der Waals surface area (Å²) in [5.41, 5.74) is 1.70. The van der Waals surface area contributed by atoms with Crippen molar-refractivity contribution in [3.05, 3.63) is 51.4 Å². The van der Waals surface area contributed by atoms with Crippen molar-refractivity contribution in [2.75, 3.05) is 0 Å². The summed E-state index contributed by atoms with van der Waals surface area (Å²) >= 11 is 8.45. The predicted molar refractivity (Wildman–Crippen MR) is 80.5 cm³/mol. The van der Waals surface area contributed by atoms with Crippen molar-refractivity contribution in [1.29, 1.82) is 0 Å². The molecule has 0 aliphatic heterocycles. The molecule has 18 heavy (non-hydrogen) atoms. The molecule has 1 aromatic carbocycles. The molecule has 0 unspecified atom stereocenters. The van der Waals surface area contributed by atoms with Crippen molar-refractivity contribution in [3.63, 3.8) is 0 Å². The van der Waals surface area contributed by atoms with Gasteiger partial charge in [0, 0.05) is 26.9 Å². The maximum Gasteiger partial charge on any atom is 0.163 e. The first-order chi connectivity index (χ1) is 8.74. The molecular weight excluding hydrogens is 361 g/mol. The minimum Gasteiger partial charge on any atom is -0.264 e. The molecule has 0 fully saturated rings. The van der Waals surface area contributed by atoms with E-state index in [0.29, 0.717) is 11.0 Å². The lowest BCUT2D eigenvalue weighted by atomic mass is 10.2. The summed E-state index contributed by atoms with van der Waals surface area (Å²) in [6, 6.07) is 9.69. The van der Waals surface area contributed by atoms with E-state index in [4.69, 9.17) is 11.6 Å². The number of halogens is 2. The zero-order valence-electron chi connectivity index (χ0n) is 9.14. The van der Waals surface area contributed by atoms with Crippen LogP contribution in [0.5, 0.6) is 0 Å². The summed E-state index contributed by atoms with van der Waals surface area (Å²) < 4.78 is 1.11. The van der Waals surface area contributed by atoms with Gasteiger partial charge in [-0.15, -0.1) is 0 Å². The molecule has 0 N–H and O–H groups in total. The highest BCUT2D eigenvalue weighted by atomic mass is 127. The molecule has 0 aliphatic rings. The van der Waals surface area contributed by atoms with E-state index in [-0.39, 0.29) is 0 Å². The fraction of sp³-hybridized carbons (Fsp3) is 0. The van der Waals surface area contributed by atoms with Crippen LogP contribution in [-0.2, 0) is 0 Å². The molecule has 2 aromatic heterocycles. The van der Waals surface area contributed by atoms with Gasteiger partial charge in [-0.2, -0.15) is 0 Å². The van der Waals surface area contributed by atoms with Crippen LogP contribution < -0.4 is 0 Å². The summed E-state index contributed by atoms with van der Waals surface area (Å²) in [7, 11) is 0. The van der Waals surface area contributed by atoms with Gasteiger partial charge in [0.25, 0.3) is 0 Å². The van der Waals surface area contributed by atoms with Gasteiger partial charge in [0.05, 0.1) is 5.52 Å². The number of hydrogen-bond acceptors (Lipinski definition) is 3. The van der Waals surface area contributed by atoms with E-state index in [0.717, 1.165) is 20.0 Å². The van der Waals surface area contributed by atoms with Crippen molar-refractivity contribution >= 4 is 45.1 Å². The van der Waals surface area contributed by atoms with Gasteiger partial charge < -0.3 is 0 Å². The monoisotopic (exact) mass is 367 g/mol. The number of rotatable bonds is 1. The molecule has 0 saturated carbocycles. The Labute approximate surface area is 122 Å². The Morgan fingerprint density at radius 2 is 2.00 bits per heavy atom. The highest BCUT2D eigenvalue weighted by Crippen LogP contribution is 2.25. The standard InChI is InChI=1S/C13H7ClIN3/c14-12-10-6-9(15)3-4-11(10)17-13(18-12)8-2-1-5-16-7-8/h1-7H. The highest BCUT2D eigenvalue weighted by Gasteiger charge is 2.08. The molecule has 3 aromatic rings. The zero-order valence-corrected chi connectivity index (χ0v) is 12.1. The minimum absolute atomic E-state index is 0.470. The van der Waals surface area contributed by atoms with E-state index in [1.807, 2.05) is 30.3 Å². The Hall–Kier alpha value is -1.27. The Morgan fingerprint density at radius 3 is 2.78 bits per heavy atom. The summed E-state index contributed by atoms with van der Waals surface area (Å²) in [6.07, 6.45) is 3.44. The van der Waals surface area contributed by atoms with Crippen LogP contribution in [0.15, 0.2) is 42.7 Å². The van der Waals surface area contributed by atoms with Crippen molar-refractivity contribution < 1.29 is 0 Å². The van der Waals surface area contributed by atoms with Crippen molar-refractivity contribution in [3.8, 4) is 11.4 Å². The summed E-state index contributed by atoms with van der Waals surface area (Å²) in [5.74, 6) is 0.599. The van der Waals surface area contributed by atoms with E-state index in [1.54, 1.807) is 12.4 Å². The predicted octanol–water partition coefficient (Wildman–Crippen LogP) is 3.95. The molecule has 0 bridgehead atoms. The Balaban J connectivity index is 2.25. The third-order valence-electron chi connectivity index (χ3n) is 2.53. The first kappa shape index (κ1) is 11.8.